The van der Waals surface area contributed by atoms with Crippen LogP contribution >= 0.6 is 11.6 Å². The zero-order chi connectivity index (χ0) is 23.5. The highest BCUT2D eigenvalue weighted by molar-refractivity contribution is 6.30. The molecule has 0 saturated heterocycles. The van der Waals surface area contributed by atoms with Crippen molar-refractivity contribution in [1.29, 1.82) is 0 Å². The Bertz CT molecular complexity index is 1340. The Morgan fingerprint density at radius 2 is 2.03 bits per heavy atom. The van der Waals surface area contributed by atoms with Crippen LogP contribution in [0.1, 0.15) is 31.5 Å². The van der Waals surface area contributed by atoms with Gasteiger partial charge in [0, 0.05) is 36.3 Å². The fraction of sp³-hybridized carbons (Fsp3) is 0.217. The van der Waals surface area contributed by atoms with Gasteiger partial charge in [0.15, 0.2) is 0 Å². The molecular weight excluding hydrogens is 447 g/mol. The lowest BCUT2D eigenvalue weighted by atomic mass is 10.1. The smallest absolute Gasteiger partial charge is 0.251 e. The van der Waals surface area contributed by atoms with Crippen molar-refractivity contribution in [2.24, 2.45) is 0 Å². The van der Waals surface area contributed by atoms with Crippen LogP contribution in [0, 0.1) is 5.82 Å². The van der Waals surface area contributed by atoms with Crippen molar-refractivity contribution in [3.63, 3.8) is 0 Å². The van der Waals surface area contributed by atoms with Gasteiger partial charge < -0.3 is 15.0 Å². The van der Waals surface area contributed by atoms with Crippen molar-refractivity contribution in [2.45, 2.75) is 25.9 Å². The van der Waals surface area contributed by atoms with Crippen LogP contribution < -0.4 is 10.9 Å². The molecule has 3 aromatic heterocycles. The van der Waals surface area contributed by atoms with Crippen molar-refractivity contribution in [3.8, 4) is 11.3 Å². The van der Waals surface area contributed by atoms with Gasteiger partial charge in [0.25, 0.3) is 5.56 Å². The molecule has 33 heavy (non-hydrogen) atoms. The summed E-state index contributed by atoms with van der Waals surface area (Å²) in [5.41, 5.74) is 1.94. The summed E-state index contributed by atoms with van der Waals surface area (Å²) in [7, 11) is 0. The first-order chi connectivity index (χ1) is 15.9. The minimum Gasteiger partial charge on any atom is -0.394 e. The molecule has 0 bridgehead atoms. The second-order valence-electron chi connectivity index (χ2n) is 7.73. The zero-order valence-electron chi connectivity index (χ0n) is 18.0. The van der Waals surface area contributed by atoms with Gasteiger partial charge in [-0.15, -0.1) is 0 Å². The second kappa shape index (κ2) is 9.51. The number of benzene rings is 1. The van der Waals surface area contributed by atoms with Gasteiger partial charge in [-0.1, -0.05) is 17.7 Å². The number of aliphatic hydroxyl groups excluding tert-OH is 1. The monoisotopic (exact) mass is 468 g/mol. The number of nitrogens with one attached hydrogen (secondary N) is 1. The third-order valence-electron chi connectivity index (χ3n) is 5.12. The number of halogens is 2. The maximum absolute atomic E-state index is 13.9. The second-order valence-corrected chi connectivity index (χ2v) is 8.13. The number of nitrogens with zero attached hydrogens (tertiary/aromatic N) is 5. The van der Waals surface area contributed by atoms with E-state index in [1.54, 1.807) is 36.8 Å². The van der Waals surface area contributed by atoms with E-state index in [1.165, 1.54) is 22.8 Å². The molecule has 0 aliphatic rings. The van der Waals surface area contributed by atoms with E-state index < -0.39 is 11.9 Å². The van der Waals surface area contributed by atoms with Crippen molar-refractivity contribution >= 4 is 23.2 Å². The normalized spacial score (nSPS) is 12.2. The predicted molar refractivity (Wildman–Crippen MR) is 124 cm³/mol. The van der Waals surface area contributed by atoms with E-state index in [-0.39, 0.29) is 23.2 Å². The van der Waals surface area contributed by atoms with Gasteiger partial charge in [-0.3, -0.25) is 9.48 Å². The van der Waals surface area contributed by atoms with Gasteiger partial charge >= 0.3 is 0 Å². The van der Waals surface area contributed by atoms with Gasteiger partial charge in [0.2, 0.25) is 5.95 Å². The van der Waals surface area contributed by atoms with Crippen molar-refractivity contribution in [2.75, 3.05) is 11.9 Å². The summed E-state index contributed by atoms with van der Waals surface area (Å²) in [6, 6.07) is 8.49. The predicted octanol–water partition coefficient (Wildman–Crippen LogP) is 4.20. The SMILES string of the molecule is CC(C)n1cc(Nc2nccc(-c3ccn(C(CO)c4ccc(Cl)c(F)c4)c(=O)c3)n2)cn1. The third kappa shape index (κ3) is 4.94. The summed E-state index contributed by atoms with van der Waals surface area (Å²) in [4.78, 5) is 21.6. The molecule has 0 amide bonds. The summed E-state index contributed by atoms with van der Waals surface area (Å²) in [6.07, 6.45) is 6.69. The number of hydrogen-bond acceptors (Lipinski definition) is 6. The molecule has 170 valence electrons. The van der Waals surface area contributed by atoms with Crippen LogP contribution in [0.25, 0.3) is 11.3 Å². The van der Waals surface area contributed by atoms with E-state index in [9.17, 15) is 14.3 Å². The first-order valence-electron chi connectivity index (χ1n) is 10.3. The van der Waals surface area contributed by atoms with Gasteiger partial charge in [-0.2, -0.15) is 5.10 Å². The number of anilines is 2. The van der Waals surface area contributed by atoms with Crippen LogP contribution in [0.4, 0.5) is 16.0 Å². The Balaban J connectivity index is 1.60. The van der Waals surface area contributed by atoms with Gasteiger partial charge in [-0.25, -0.2) is 14.4 Å². The quantitative estimate of drug-likeness (QED) is 0.422. The Labute approximate surface area is 194 Å². The Hall–Kier alpha value is -3.56. The molecule has 4 aromatic rings. The van der Waals surface area contributed by atoms with Crippen LogP contribution in [-0.4, -0.2) is 36.0 Å². The number of aromatic nitrogens is 5. The third-order valence-corrected chi connectivity index (χ3v) is 5.43. The van der Waals surface area contributed by atoms with Gasteiger partial charge in [0.1, 0.15) is 5.82 Å². The molecule has 0 saturated carbocycles. The van der Waals surface area contributed by atoms with Crippen molar-refractivity contribution < 1.29 is 9.50 Å². The lowest BCUT2D eigenvalue weighted by molar-refractivity contribution is 0.247. The lowest BCUT2D eigenvalue weighted by Crippen LogP contribution is -2.27. The van der Waals surface area contributed by atoms with Crippen LogP contribution in [0.5, 0.6) is 0 Å². The number of rotatable bonds is 7. The van der Waals surface area contributed by atoms with Crippen molar-refractivity contribution in [1.82, 2.24) is 24.3 Å². The Kier molecular flexibility index (Phi) is 6.52. The molecule has 8 nitrogen and oxygen atoms in total. The molecule has 3 heterocycles. The lowest BCUT2D eigenvalue weighted by Gasteiger charge is -2.18. The van der Waals surface area contributed by atoms with Gasteiger partial charge in [0.05, 0.1) is 35.2 Å². The van der Waals surface area contributed by atoms with Crippen LogP contribution in [0.15, 0.2) is 66.0 Å². The maximum atomic E-state index is 13.9. The van der Waals surface area contributed by atoms with Crippen LogP contribution in [0.2, 0.25) is 5.02 Å². The van der Waals surface area contributed by atoms with Crippen molar-refractivity contribution in [3.05, 3.63) is 87.9 Å². The molecule has 0 aliphatic carbocycles. The maximum Gasteiger partial charge on any atom is 0.251 e. The molecule has 1 atom stereocenters. The van der Waals surface area contributed by atoms with E-state index >= 15 is 0 Å². The summed E-state index contributed by atoms with van der Waals surface area (Å²) < 4.78 is 17.0. The molecule has 0 spiro atoms. The van der Waals surface area contributed by atoms with E-state index in [0.29, 0.717) is 22.8 Å². The summed E-state index contributed by atoms with van der Waals surface area (Å²) in [5, 5.41) is 17.2. The standard InChI is InChI=1S/C23H22ClFN6O2/c1-14(2)31-12-17(11-27-31)28-23-26-7-5-20(29-23)15-6-8-30(22(33)10-15)21(13-32)16-3-4-18(24)19(25)9-16/h3-12,14,21,32H,13H2,1-2H3,(H,26,28,29). The first-order valence-corrected chi connectivity index (χ1v) is 10.7. The molecule has 1 unspecified atom stereocenters. The topological polar surface area (TPSA) is 97.9 Å². The molecule has 4 rings (SSSR count). The molecule has 0 radical (unpaired) electrons. The highest BCUT2D eigenvalue weighted by Crippen LogP contribution is 2.24. The molecule has 0 fully saturated rings. The molecule has 2 N–H and O–H groups in total. The number of aliphatic hydroxyl groups is 1. The fourth-order valence-corrected chi connectivity index (χ4v) is 3.49. The fourth-order valence-electron chi connectivity index (χ4n) is 3.37. The first kappa shape index (κ1) is 22.6. The van der Waals surface area contributed by atoms with E-state index in [1.807, 2.05) is 24.7 Å². The van der Waals surface area contributed by atoms with Crippen LogP contribution in [-0.2, 0) is 0 Å². The minimum atomic E-state index is -0.751. The van der Waals surface area contributed by atoms with E-state index in [2.05, 4.69) is 20.4 Å². The molecular formula is C23H22ClFN6O2. The van der Waals surface area contributed by atoms with E-state index in [0.717, 1.165) is 5.69 Å². The average molecular weight is 469 g/mol. The Morgan fingerprint density at radius 3 is 2.70 bits per heavy atom. The highest BCUT2D eigenvalue weighted by Gasteiger charge is 2.16. The minimum absolute atomic E-state index is 0.0251. The largest absolute Gasteiger partial charge is 0.394 e. The number of hydrogen-bond donors (Lipinski definition) is 2. The molecule has 1 aromatic carbocycles. The Morgan fingerprint density at radius 1 is 1.21 bits per heavy atom. The van der Waals surface area contributed by atoms with E-state index in [4.69, 9.17) is 11.6 Å². The highest BCUT2D eigenvalue weighted by atomic mass is 35.5. The zero-order valence-corrected chi connectivity index (χ0v) is 18.7. The molecule has 10 heteroatoms. The van der Waals surface area contributed by atoms with Crippen LogP contribution in [0.3, 0.4) is 0 Å². The van der Waals surface area contributed by atoms with Gasteiger partial charge in [-0.05, 0) is 43.7 Å². The summed E-state index contributed by atoms with van der Waals surface area (Å²) >= 11 is 5.75. The number of pyridine rings is 1. The summed E-state index contributed by atoms with van der Waals surface area (Å²) in [6.45, 7) is 3.67. The summed E-state index contributed by atoms with van der Waals surface area (Å²) in [5.74, 6) is -0.248. The average Bonchev–Trinajstić information content (AvgIpc) is 3.27. The molecule has 0 aliphatic heterocycles.